The number of benzene rings is 3. The summed E-state index contributed by atoms with van der Waals surface area (Å²) in [5, 5.41) is 19.5. The number of aliphatic carboxylic acids is 1. The first-order chi connectivity index (χ1) is 17.3. The van der Waals surface area contributed by atoms with Gasteiger partial charge in [0.15, 0.2) is 5.60 Å². The molecule has 5 heteroatoms. The van der Waals surface area contributed by atoms with Crippen LogP contribution in [0.5, 0.6) is 5.75 Å². The molecule has 0 fully saturated rings. The third-order valence-electron chi connectivity index (χ3n) is 6.48. The van der Waals surface area contributed by atoms with E-state index in [1.165, 1.54) is 0 Å². The van der Waals surface area contributed by atoms with Crippen LogP contribution in [0.4, 0.5) is 0 Å². The van der Waals surface area contributed by atoms with Crippen molar-refractivity contribution in [3.63, 3.8) is 0 Å². The predicted molar refractivity (Wildman–Crippen MR) is 144 cm³/mol. The first kappa shape index (κ1) is 27.2. The van der Waals surface area contributed by atoms with Gasteiger partial charge >= 0.3 is 5.97 Å². The molecule has 5 nitrogen and oxygen atoms in total. The highest BCUT2D eigenvalue weighted by atomic mass is 16.5. The molecule has 0 aliphatic rings. The molecule has 0 aromatic heterocycles. The minimum atomic E-state index is -1.20. The maximum absolute atomic E-state index is 11.8. The summed E-state index contributed by atoms with van der Waals surface area (Å²) >= 11 is 0. The zero-order chi connectivity index (χ0) is 26.1. The van der Waals surface area contributed by atoms with Gasteiger partial charge in [0.1, 0.15) is 12.4 Å². The molecule has 190 valence electrons. The highest BCUT2D eigenvalue weighted by Gasteiger charge is 2.37. The van der Waals surface area contributed by atoms with Crippen molar-refractivity contribution < 1.29 is 24.5 Å². The van der Waals surface area contributed by atoms with E-state index in [0.29, 0.717) is 26.1 Å². The van der Waals surface area contributed by atoms with E-state index in [1.54, 1.807) is 6.92 Å². The largest absolute Gasteiger partial charge is 0.490 e. The fraction of sp³-hybridized carbons (Fsp3) is 0.323. The van der Waals surface area contributed by atoms with Crippen LogP contribution in [0.25, 0.3) is 16.7 Å². The van der Waals surface area contributed by atoms with Gasteiger partial charge in [0.25, 0.3) is 0 Å². The topological polar surface area (TPSA) is 76.0 Å². The van der Waals surface area contributed by atoms with Crippen molar-refractivity contribution in [3.05, 3.63) is 95.6 Å². The maximum Gasteiger partial charge on any atom is 0.336 e. The summed E-state index contributed by atoms with van der Waals surface area (Å²) in [5.41, 5.74) is 5.00. The Bertz CT molecular complexity index is 1160. The average Bonchev–Trinajstić information content (AvgIpc) is 2.89. The van der Waals surface area contributed by atoms with Gasteiger partial charge in [-0.05, 0) is 84.9 Å². The van der Waals surface area contributed by atoms with Crippen molar-refractivity contribution in [1.29, 1.82) is 0 Å². The number of carbonyl (C=O) groups is 1. The number of hydrogen-bond acceptors (Lipinski definition) is 4. The van der Waals surface area contributed by atoms with Crippen LogP contribution >= 0.6 is 0 Å². The van der Waals surface area contributed by atoms with Crippen molar-refractivity contribution in [2.45, 2.75) is 52.2 Å². The molecule has 36 heavy (non-hydrogen) atoms. The molecule has 0 heterocycles. The van der Waals surface area contributed by atoms with Gasteiger partial charge in [0, 0.05) is 13.0 Å². The number of carboxylic acid groups (broad SMARTS) is 1. The minimum Gasteiger partial charge on any atom is -0.490 e. The molecule has 0 bridgehead atoms. The Balaban J connectivity index is 1.60. The molecule has 0 saturated heterocycles. The first-order valence-corrected chi connectivity index (χ1v) is 12.4. The number of aliphatic hydroxyl groups is 1. The highest BCUT2D eigenvalue weighted by molar-refractivity contribution is 5.78. The summed E-state index contributed by atoms with van der Waals surface area (Å²) in [6, 6.07) is 23.8. The van der Waals surface area contributed by atoms with Gasteiger partial charge in [-0.1, -0.05) is 61.5 Å². The third kappa shape index (κ3) is 6.84. The van der Waals surface area contributed by atoms with Gasteiger partial charge in [-0.2, -0.15) is 0 Å². The predicted octanol–water partition coefficient (Wildman–Crippen LogP) is 6.70. The van der Waals surface area contributed by atoms with E-state index in [0.717, 1.165) is 39.1 Å². The van der Waals surface area contributed by atoms with E-state index >= 15 is 0 Å². The lowest BCUT2D eigenvalue weighted by molar-refractivity contribution is -0.166. The summed E-state index contributed by atoms with van der Waals surface area (Å²) in [6.07, 6.45) is 2.26. The molecular formula is C31H36O5. The van der Waals surface area contributed by atoms with Gasteiger partial charge in [0.05, 0.1) is 6.10 Å². The highest BCUT2D eigenvalue weighted by Crippen LogP contribution is 2.26. The van der Waals surface area contributed by atoms with E-state index in [1.807, 2.05) is 68.5 Å². The lowest BCUT2D eigenvalue weighted by Crippen LogP contribution is -2.43. The van der Waals surface area contributed by atoms with Gasteiger partial charge in [0.2, 0.25) is 0 Å². The SMILES string of the molecule is CCOC(CC)(Cc1ccc(OCC=C(C)c2ccc(-c3cccc(C(C)O)c3)cc2)cc1)C(=O)O. The van der Waals surface area contributed by atoms with Gasteiger partial charge < -0.3 is 19.7 Å². The molecule has 2 atom stereocenters. The summed E-state index contributed by atoms with van der Waals surface area (Å²) in [5.74, 6) is -0.209. The number of carboxylic acids is 1. The van der Waals surface area contributed by atoms with Gasteiger partial charge in [-0.25, -0.2) is 4.79 Å². The minimum absolute atomic E-state index is 0.311. The van der Waals surface area contributed by atoms with Crippen LogP contribution < -0.4 is 4.74 Å². The normalized spacial score (nSPS) is 14.2. The second-order valence-electron chi connectivity index (χ2n) is 8.98. The van der Waals surface area contributed by atoms with E-state index in [-0.39, 0.29) is 0 Å². The van der Waals surface area contributed by atoms with Crippen LogP contribution in [-0.4, -0.2) is 35.0 Å². The summed E-state index contributed by atoms with van der Waals surface area (Å²) < 4.78 is 11.5. The fourth-order valence-electron chi connectivity index (χ4n) is 4.16. The van der Waals surface area contributed by atoms with E-state index in [2.05, 4.69) is 31.2 Å². The maximum atomic E-state index is 11.8. The lowest BCUT2D eigenvalue weighted by Gasteiger charge is -2.28. The van der Waals surface area contributed by atoms with Crippen molar-refractivity contribution in [2.24, 2.45) is 0 Å². The van der Waals surface area contributed by atoms with Crippen molar-refractivity contribution >= 4 is 11.5 Å². The monoisotopic (exact) mass is 488 g/mol. The molecule has 0 aliphatic heterocycles. The van der Waals surface area contributed by atoms with Crippen LogP contribution in [0, 0.1) is 0 Å². The molecule has 0 spiro atoms. The van der Waals surface area contributed by atoms with Crippen LogP contribution in [0.1, 0.15) is 56.9 Å². The number of ether oxygens (including phenoxy) is 2. The average molecular weight is 489 g/mol. The van der Waals surface area contributed by atoms with Crippen molar-refractivity contribution in [1.82, 2.24) is 0 Å². The lowest BCUT2D eigenvalue weighted by atomic mass is 9.91. The summed E-state index contributed by atoms with van der Waals surface area (Å²) in [4.78, 5) is 11.8. The summed E-state index contributed by atoms with van der Waals surface area (Å²) in [7, 11) is 0. The van der Waals surface area contributed by atoms with Crippen LogP contribution in [0.2, 0.25) is 0 Å². The second kappa shape index (κ2) is 12.5. The molecule has 3 aromatic carbocycles. The molecule has 2 unspecified atom stereocenters. The molecule has 0 aliphatic carbocycles. The zero-order valence-corrected chi connectivity index (χ0v) is 21.5. The summed E-state index contributed by atoms with van der Waals surface area (Å²) in [6.45, 7) is 8.25. The molecule has 3 rings (SSSR count). The van der Waals surface area contributed by atoms with E-state index in [9.17, 15) is 15.0 Å². The van der Waals surface area contributed by atoms with Crippen LogP contribution in [0.3, 0.4) is 0 Å². The molecule has 2 N–H and O–H groups in total. The smallest absolute Gasteiger partial charge is 0.336 e. The standard InChI is InChI=1S/C31H36O5/c1-5-31(30(33)34,36-6-2)21-24-10-16-29(17-11-24)35-19-18-22(3)25-12-14-26(15-13-25)28-9-7-8-27(20-28)23(4)32/h7-18,20,23,32H,5-6,19,21H2,1-4H3,(H,33,34). The molecular weight excluding hydrogens is 452 g/mol. The Morgan fingerprint density at radius 1 is 1.00 bits per heavy atom. The molecule has 3 aromatic rings. The van der Waals surface area contributed by atoms with Gasteiger partial charge in [-0.15, -0.1) is 0 Å². The van der Waals surface area contributed by atoms with Crippen molar-refractivity contribution in [2.75, 3.05) is 13.2 Å². The van der Waals surface area contributed by atoms with E-state index < -0.39 is 17.7 Å². The Hall–Kier alpha value is -3.41. The number of hydrogen-bond donors (Lipinski definition) is 2. The quantitative estimate of drug-likeness (QED) is 0.297. The van der Waals surface area contributed by atoms with Crippen LogP contribution in [-0.2, 0) is 16.0 Å². The van der Waals surface area contributed by atoms with Crippen LogP contribution in [0.15, 0.2) is 78.9 Å². The Kier molecular flexibility index (Phi) is 9.45. The molecule has 0 radical (unpaired) electrons. The van der Waals surface area contributed by atoms with Gasteiger partial charge in [-0.3, -0.25) is 0 Å². The third-order valence-corrected chi connectivity index (χ3v) is 6.48. The molecule has 0 amide bonds. The molecule has 0 saturated carbocycles. The zero-order valence-electron chi connectivity index (χ0n) is 21.5. The first-order valence-electron chi connectivity index (χ1n) is 12.4. The second-order valence-corrected chi connectivity index (χ2v) is 8.98. The Labute approximate surface area is 214 Å². The number of rotatable bonds is 12. The number of allylic oxidation sites excluding steroid dienone is 1. The Morgan fingerprint density at radius 3 is 2.28 bits per heavy atom. The fourth-order valence-corrected chi connectivity index (χ4v) is 4.16. The van der Waals surface area contributed by atoms with E-state index in [4.69, 9.17) is 9.47 Å². The number of aliphatic hydroxyl groups excluding tert-OH is 1. The Morgan fingerprint density at radius 2 is 1.69 bits per heavy atom. The van der Waals surface area contributed by atoms with Crippen molar-refractivity contribution in [3.8, 4) is 16.9 Å².